The molecule has 0 aliphatic carbocycles. The van der Waals surface area contributed by atoms with Gasteiger partial charge in [-0.3, -0.25) is 4.98 Å². The smallest absolute Gasteiger partial charge is 0.124 e. The largest absolute Gasteiger partial charge is 0.488 e. The first-order valence-corrected chi connectivity index (χ1v) is 6.67. The molecule has 96 valence electrons. The minimum atomic E-state index is -0.243. The van der Waals surface area contributed by atoms with Crippen LogP contribution in [0.3, 0.4) is 0 Å². The Morgan fingerprint density at radius 1 is 1.44 bits per heavy atom. The predicted octanol–water partition coefficient (Wildman–Crippen LogP) is 2.97. The molecule has 5 heteroatoms. The molecule has 1 aromatic heterocycles. The Morgan fingerprint density at radius 3 is 3.06 bits per heavy atom. The van der Waals surface area contributed by atoms with Crippen molar-refractivity contribution in [3.05, 3.63) is 46.2 Å². The van der Waals surface area contributed by atoms with Crippen LogP contribution >= 0.6 is 11.3 Å². The molecule has 0 saturated carbocycles. The minimum absolute atomic E-state index is 0.243. The summed E-state index contributed by atoms with van der Waals surface area (Å²) in [6, 6.07) is 4.59. The lowest BCUT2D eigenvalue weighted by molar-refractivity contribution is 0.305. The third kappa shape index (κ3) is 3.51. The molecule has 0 aliphatic heterocycles. The van der Waals surface area contributed by atoms with Gasteiger partial charge < -0.3 is 10.1 Å². The van der Waals surface area contributed by atoms with E-state index in [0.29, 0.717) is 18.9 Å². The monoisotopic (exact) mass is 266 g/mol. The molecule has 3 nitrogen and oxygen atoms in total. The van der Waals surface area contributed by atoms with Crippen molar-refractivity contribution in [2.45, 2.75) is 20.1 Å². The molecule has 0 unspecified atom stereocenters. The second-order valence-corrected chi connectivity index (χ2v) is 4.76. The van der Waals surface area contributed by atoms with Gasteiger partial charge in [-0.15, -0.1) is 11.3 Å². The van der Waals surface area contributed by atoms with Crippen molar-refractivity contribution in [2.75, 3.05) is 6.54 Å². The second-order valence-electron chi connectivity index (χ2n) is 3.79. The number of hydrogen-bond donors (Lipinski definition) is 1. The highest BCUT2D eigenvalue weighted by Gasteiger charge is 2.06. The van der Waals surface area contributed by atoms with Crippen LogP contribution in [-0.4, -0.2) is 11.5 Å². The van der Waals surface area contributed by atoms with Crippen molar-refractivity contribution in [1.29, 1.82) is 0 Å². The standard InChI is InChI=1S/C13H15FN2OS/c1-2-15-6-10-5-11(14)3-4-13(10)17-8-12-7-16-9-18-12/h3-5,7,9,15H,2,6,8H2,1H3. The van der Waals surface area contributed by atoms with Gasteiger partial charge in [-0.25, -0.2) is 4.39 Å². The number of nitrogens with zero attached hydrogens (tertiary/aromatic N) is 1. The molecule has 0 aliphatic rings. The van der Waals surface area contributed by atoms with Crippen LogP contribution in [0.5, 0.6) is 5.75 Å². The lowest BCUT2D eigenvalue weighted by Gasteiger charge is -2.11. The van der Waals surface area contributed by atoms with E-state index in [0.717, 1.165) is 17.0 Å². The normalized spacial score (nSPS) is 10.6. The molecular formula is C13H15FN2OS. The summed E-state index contributed by atoms with van der Waals surface area (Å²) >= 11 is 1.54. The average Bonchev–Trinajstić information content (AvgIpc) is 2.88. The maximum atomic E-state index is 13.2. The molecule has 18 heavy (non-hydrogen) atoms. The number of nitrogens with one attached hydrogen (secondary N) is 1. The van der Waals surface area contributed by atoms with Gasteiger partial charge in [-0.2, -0.15) is 0 Å². The number of aromatic nitrogens is 1. The summed E-state index contributed by atoms with van der Waals surface area (Å²) in [6.45, 7) is 3.92. The minimum Gasteiger partial charge on any atom is -0.488 e. The second kappa shape index (κ2) is 6.47. The topological polar surface area (TPSA) is 34.1 Å². The third-order valence-corrected chi connectivity index (χ3v) is 3.19. The van der Waals surface area contributed by atoms with E-state index in [2.05, 4.69) is 10.3 Å². The Labute approximate surface area is 110 Å². The summed E-state index contributed by atoms with van der Waals surface area (Å²) in [7, 11) is 0. The summed E-state index contributed by atoms with van der Waals surface area (Å²) in [6.07, 6.45) is 1.78. The van der Waals surface area contributed by atoms with Gasteiger partial charge in [0.1, 0.15) is 18.2 Å². The average molecular weight is 266 g/mol. The Morgan fingerprint density at radius 2 is 2.33 bits per heavy atom. The molecule has 0 radical (unpaired) electrons. The highest BCUT2D eigenvalue weighted by Crippen LogP contribution is 2.21. The molecular weight excluding hydrogens is 251 g/mol. The van der Waals surface area contributed by atoms with Gasteiger partial charge in [0, 0.05) is 18.3 Å². The summed E-state index contributed by atoms with van der Waals surface area (Å²) in [5, 5.41) is 3.17. The van der Waals surface area contributed by atoms with Crippen LogP contribution in [0.4, 0.5) is 4.39 Å². The van der Waals surface area contributed by atoms with Gasteiger partial charge in [0.15, 0.2) is 0 Å². The van der Waals surface area contributed by atoms with Crippen LogP contribution in [0.1, 0.15) is 17.4 Å². The number of ether oxygens (including phenoxy) is 1. The Hall–Kier alpha value is -1.46. The molecule has 1 N–H and O–H groups in total. The van der Waals surface area contributed by atoms with Crippen molar-refractivity contribution in [2.24, 2.45) is 0 Å². The molecule has 0 fully saturated rings. The van der Waals surface area contributed by atoms with E-state index in [1.165, 1.54) is 12.1 Å². The van der Waals surface area contributed by atoms with E-state index in [-0.39, 0.29) is 5.82 Å². The van der Waals surface area contributed by atoms with Gasteiger partial charge in [0.2, 0.25) is 0 Å². The molecule has 0 saturated heterocycles. The van der Waals surface area contributed by atoms with E-state index in [1.807, 2.05) is 6.92 Å². The first-order valence-electron chi connectivity index (χ1n) is 5.79. The number of halogens is 1. The predicted molar refractivity (Wildman–Crippen MR) is 70.2 cm³/mol. The first-order chi connectivity index (χ1) is 8.79. The Bertz CT molecular complexity index is 488. The Balaban J connectivity index is 2.05. The van der Waals surface area contributed by atoms with Crippen molar-refractivity contribution < 1.29 is 9.13 Å². The summed E-state index contributed by atoms with van der Waals surface area (Å²) < 4.78 is 18.9. The lowest BCUT2D eigenvalue weighted by Crippen LogP contribution is -2.13. The van der Waals surface area contributed by atoms with Crippen LogP contribution < -0.4 is 10.1 Å². The first kappa shape index (κ1) is 13.0. The fourth-order valence-electron chi connectivity index (χ4n) is 1.55. The Kier molecular flexibility index (Phi) is 4.66. The zero-order chi connectivity index (χ0) is 12.8. The third-order valence-electron chi connectivity index (χ3n) is 2.44. The van der Waals surface area contributed by atoms with E-state index < -0.39 is 0 Å². The molecule has 1 aromatic carbocycles. The molecule has 0 spiro atoms. The van der Waals surface area contributed by atoms with Crippen LogP contribution in [0, 0.1) is 5.82 Å². The number of rotatable bonds is 6. The van der Waals surface area contributed by atoms with Crippen LogP contribution in [0.2, 0.25) is 0 Å². The highest BCUT2D eigenvalue weighted by molar-refractivity contribution is 7.09. The van der Waals surface area contributed by atoms with E-state index in [4.69, 9.17) is 4.74 Å². The van der Waals surface area contributed by atoms with Crippen molar-refractivity contribution in [3.8, 4) is 5.75 Å². The van der Waals surface area contributed by atoms with E-state index >= 15 is 0 Å². The molecule has 0 amide bonds. The fraction of sp³-hybridized carbons (Fsp3) is 0.308. The maximum absolute atomic E-state index is 13.2. The summed E-state index contributed by atoms with van der Waals surface area (Å²) in [4.78, 5) is 5.04. The van der Waals surface area contributed by atoms with Gasteiger partial charge in [0.25, 0.3) is 0 Å². The zero-order valence-electron chi connectivity index (χ0n) is 10.1. The van der Waals surface area contributed by atoms with Gasteiger partial charge >= 0.3 is 0 Å². The van der Waals surface area contributed by atoms with Crippen LogP contribution in [-0.2, 0) is 13.2 Å². The van der Waals surface area contributed by atoms with Crippen LogP contribution in [0.15, 0.2) is 29.9 Å². The molecule has 0 bridgehead atoms. The highest BCUT2D eigenvalue weighted by atomic mass is 32.1. The maximum Gasteiger partial charge on any atom is 0.124 e. The number of thiazole rings is 1. The van der Waals surface area contributed by atoms with Crippen molar-refractivity contribution >= 4 is 11.3 Å². The lowest BCUT2D eigenvalue weighted by atomic mass is 10.2. The van der Waals surface area contributed by atoms with Crippen LogP contribution in [0.25, 0.3) is 0 Å². The van der Waals surface area contributed by atoms with E-state index in [9.17, 15) is 4.39 Å². The number of benzene rings is 1. The fourth-order valence-corrected chi connectivity index (χ4v) is 2.05. The molecule has 1 heterocycles. The van der Waals surface area contributed by atoms with E-state index in [1.54, 1.807) is 29.1 Å². The quantitative estimate of drug-likeness (QED) is 0.873. The zero-order valence-corrected chi connectivity index (χ0v) is 11.0. The van der Waals surface area contributed by atoms with Crippen molar-refractivity contribution in [3.63, 3.8) is 0 Å². The SMILES string of the molecule is CCNCc1cc(F)ccc1OCc1cncs1. The molecule has 2 rings (SSSR count). The molecule has 2 aromatic rings. The van der Waals surface area contributed by atoms with Gasteiger partial charge in [-0.1, -0.05) is 6.92 Å². The molecule has 0 atom stereocenters. The van der Waals surface area contributed by atoms with Gasteiger partial charge in [-0.05, 0) is 24.7 Å². The van der Waals surface area contributed by atoms with Gasteiger partial charge in [0.05, 0.1) is 10.4 Å². The number of hydrogen-bond acceptors (Lipinski definition) is 4. The summed E-state index contributed by atoms with van der Waals surface area (Å²) in [5.74, 6) is 0.471. The summed E-state index contributed by atoms with van der Waals surface area (Å²) in [5.41, 5.74) is 2.60. The van der Waals surface area contributed by atoms with Crippen molar-refractivity contribution in [1.82, 2.24) is 10.3 Å².